The largest absolute Gasteiger partial charge is 0.469 e. The van der Waals surface area contributed by atoms with Gasteiger partial charge in [-0.3, -0.25) is 19.2 Å². The first-order valence-corrected chi connectivity index (χ1v) is 14.5. The molecule has 6 N–H and O–H groups in total. The SMILES string of the molecule is COC(=O)C(CCC(=O)N[C@H](CSC[C@H](NC(=O)OC(C)(C)C)C(=O)OC)C(=O)N[C@H](C)C(=O)OC)CNC(=O)[C@H](C)N. The number of methoxy groups -OCH3 is 3. The quantitative estimate of drug-likeness (QED) is 0.0953. The minimum Gasteiger partial charge on any atom is -0.469 e. The van der Waals surface area contributed by atoms with Crippen molar-refractivity contribution in [3.63, 3.8) is 0 Å². The molecule has 0 aliphatic heterocycles. The molecule has 0 fully saturated rings. The summed E-state index contributed by atoms with van der Waals surface area (Å²) in [6.07, 6.45) is -1.10. The van der Waals surface area contributed by atoms with Crippen molar-refractivity contribution in [2.75, 3.05) is 39.4 Å². The molecular weight excluding hydrogens is 590 g/mol. The van der Waals surface area contributed by atoms with Crippen molar-refractivity contribution in [3.05, 3.63) is 0 Å². The van der Waals surface area contributed by atoms with Crippen molar-refractivity contribution in [1.82, 2.24) is 21.3 Å². The van der Waals surface area contributed by atoms with Gasteiger partial charge in [-0.15, -0.1) is 0 Å². The van der Waals surface area contributed by atoms with E-state index in [9.17, 15) is 33.6 Å². The van der Waals surface area contributed by atoms with E-state index in [4.69, 9.17) is 19.9 Å². The van der Waals surface area contributed by atoms with Gasteiger partial charge in [0.2, 0.25) is 17.7 Å². The number of carbonyl (C=O) groups excluding carboxylic acids is 7. The Hall–Kier alpha value is -3.60. The molecule has 4 amide bonds. The van der Waals surface area contributed by atoms with Gasteiger partial charge in [0.05, 0.1) is 33.3 Å². The Labute approximate surface area is 255 Å². The summed E-state index contributed by atoms with van der Waals surface area (Å²) in [5.74, 6) is -4.95. The third kappa shape index (κ3) is 16.6. The highest BCUT2D eigenvalue weighted by molar-refractivity contribution is 7.99. The molecule has 0 spiro atoms. The summed E-state index contributed by atoms with van der Waals surface area (Å²) in [5, 5.41) is 9.92. The lowest BCUT2D eigenvalue weighted by Gasteiger charge is -2.23. The highest BCUT2D eigenvalue weighted by atomic mass is 32.2. The van der Waals surface area contributed by atoms with Crippen LogP contribution in [0.15, 0.2) is 0 Å². The van der Waals surface area contributed by atoms with E-state index in [1.165, 1.54) is 21.0 Å². The van der Waals surface area contributed by atoms with Crippen LogP contribution in [0.5, 0.6) is 0 Å². The first-order chi connectivity index (χ1) is 19.9. The molecule has 246 valence electrons. The van der Waals surface area contributed by atoms with Gasteiger partial charge in [-0.05, 0) is 41.0 Å². The van der Waals surface area contributed by atoms with Crippen LogP contribution in [-0.2, 0) is 47.7 Å². The van der Waals surface area contributed by atoms with E-state index in [0.717, 1.165) is 26.0 Å². The van der Waals surface area contributed by atoms with Crippen LogP contribution in [-0.4, -0.2) is 111 Å². The molecule has 0 saturated heterocycles. The fourth-order valence-electron chi connectivity index (χ4n) is 3.22. The van der Waals surface area contributed by atoms with Crippen LogP contribution in [0.1, 0.15) is 47.5 Å². The summed E-state index contributed by atoms with van der Waals surface area (Å²) >= 11 is 1.04. The summed E-state index contributed by atoms with van der Waals surface area (Å²) in [4.78, 5) is 86.0. The number of ether oxygens (including phenoxy) is 4. The van der Waals surface area contributed by atoms with Gasteiger partial charge in [0.15, 0.2) is 0 Å². The number of nitrogens with one attached hydrogen (secondary N) is 4. The van der Waals surface area contributed by atoms with E-state index in [-0.39, 0.29) is 30.9 Å². The van der Waals surface area contributed by atoms with Gasteiger partial charge in [-0.2, -0.15) is 11.8 Å². The molecule has 16 nitrogen and oxygen atoms in total. The van der Waals surface area contributed by atoms with Crippen LogP contribution in [0.25, 0.3) is 0 Å². The molecule has 0 aromatic rings. The van der Waals surface area contributed by atoms with Crippen molar-refractivity contribution < 1.29 is 52.5 Å². The maximum absolute atomic E-state index is 13.0. The third-order valence-corrected chi connectivity index (χ3v) is 6.64. The molecule has 17 heteroatoms. The molecule has 0 heterocycles. The number of rotatable bonds is 17. The molecule has 1 unspecified atom stereocenters. The molecule has 5 atom stereocenters. The second-order valence-electron chi connectivity index (χ2n) is 10.4. The fourth-order valence-corrected chi connectivity index (χ4v) is 4.29. The lowest BCUT2D eigenvalue weighted by Crippen LogP contribution is -2.52. The summed E-state index contributed by atoms with van der Waals surface area (Å²) in [5.41, 5.74) is 4.70. The van der Waals surface area contributed by atoms with Crippen molar-refractivity contribution in [3.8, 4) is 0 Å². The average molecular weight is 636 g/mol. The van der Waals surface area contributed by atoms with Gasteiger partial charge in [0.25, 0.3) is 0 Å². The van der Waals surface area contributed by atoms with Crippen molar-refractivity contribution in [1.29, 1.82) is 0 Å². The number of carbonyl (C=O) groups is 7. The fraction of sp³-hybridized carbons (Fsp3) is 0.731. The first kappa shape index (κ1) is 39.4. The van der Waals surface area contributed by atoms with Crippen LogP contribution in [0, 0.1) is 5.92 Å². The number of nitrogens with two attached hydrogens (primary N) is 1. The van der Waals surface area contributed by atoms with Gasteiger partial charge in [0, 0.05) is 24.5 Å². The van der Waals surface area contributed by atoms with Crippen molar-refractivity contribution in [2.45, 2.75) is 77.2 Å². The maximum Gasteiger partial charge on any atom is 0.408 e. The van der Waals surface area contributed by atoms with Crippen LogP contribution < -0.4 is 27.0 Å². The Bertz CT molecular complexity index is 987. The van der Waals surface area contributed by atoms with Gasteiger partial charge in [0.1, 0.15) is 23.7 Å². The minimum atomic E-state index is -1.20. The zero-order valence-electron chi connectivity index (χ0n) is 25.9. The first-order valence-electron chi connectivity index (χ1n) is 13.4. The smallest absolute Gasteiger partial charge is 0.408 e. The second-order valence-corrected chi connectivity index (χ2v) is 11.5. The number of esters is 3. The lowest BCUT2D eigenvalue weighted by molar-refractivity contribution is -0.146. The van der Waals surface area contributed by atoms with Crippen molar-refractivity contribution >= 4 is 53.5 Å². The Morgan fingerprint density at radius 1 is 0.767 bits per heavy atom. The van der Waals surface area contributed by atoms with Crippen LogP contribution >= 0.6 is 11.8 Å². The number of amides is 4. The monoisotopic (exact) mass is 635 g/mol. The highest BCUT2D eigenvalue weighted by Gasteiger charge is 2.29. The second kappa shape index (κ2) is 19.6. The summed E-state index contributed by atoms with van der Waals surface area (Å²) in [6.45, 7) is 7.71. The topological polar surface area (TPSA) is 231 Å². The van der Waals surface area contributed by atoms with E-state index in [1.54, 1.807) is 20.8 Å². The highest BCUT2D eigenvalue weighted by Crippen LogP contribution is 2.12. The van der Waals surface area contributed by atoms with Gasteiger partial charge in [-0.1, -0.05) is 0 Å². The molecule has 0 aromatic carbocycles. The standard InChI is InChI=1S/C26H45N5O11S/c1-14(27)20(33)28-11-16(23(36)40-7)9-10-19(32)30-17(21(34)29-15(2)22(35)39-6)12-43-13-18(24(37)41-8)31-25(38)42-26(3,4)5/h14-18H,9-13,27H2,1-8H3,(H,28,33)(H,29,34)(H,30,32)(H,31,38)/t14-,15+,16?,17+,18-/m0/s1. The Kier molecular flexibility index (Phi) is 17.9. The number of hydrogen-bond acceptors (Lipinski definition) is 13. The van der Waals surface area contributed by atoms with E-state index in [2.05, 4.69) is 26.0 Å². The molecule has 0 aliphatic carbocycles. The molecule has 0 aromatic heterocycles. The number of hydrogen-bond donors (Lipinski definition) is 5. The van der Waals surface area contributed by atoms with Crippen molar-refractivity contribution in [2.24, 2.45) is 11.7 Å². The Balaban J connectivity index is 5.53. The van der Waals surface area contributed by atoms with Crippen LogP contribution in [0.4, 0.5) is 4.79 Å². The molecular formula is C26H45N5O11S. The zero-order chi connectivity index (χ0) is 33.3. The number of thioether (sulfide) groups is 1. The average Bonchev–Trinajstić information content (AvgIpc) is 2.93. The van der Waals surface area contributed by atoms with Crippen LogP contribution in [0.3, 0.4) is 0 Å². The number of alkyl carbamates (subject to hydrolysis) is 1. The van der Waals surface area contributed by atoms with Gasteiger partial charge in [-0.25, -0.2) is 14.4 Å². The maximum atomic E-state index is 13.0. The normalized spacial score (nSPS) is 14.4. The van der Waals surface area contributed by atoms with E-state index < -0.39 is 77.4 Å². The lowest BCUT2D eigenvalue weighted by atomic mass is 10.0. The van der Waals surface area contributed by atoms with E-state index in [1.807, 2.05) is 0 Å². The Morgan fingerprint density at radius 2 is 1.33 bits per heavy atom. The third-order valence-electron chi connectivity index (χ3n) is 5.50. The molecule has 0 bridgehead atoms. The predicted molar refractivity (Wildman–Crippen MR) is 155 cm³/mol. The molecule has 0 rings (SSSR count). The molecule has 0 radical (unpaired) electrons. The van der Waals surface area contributed by atoms with Crippen LogP contribution in [0.2, 0.25) is 0 Å². The molecule has 0 saturated carbocycles. The summed E-state index contributed by atoms with van der Waals surface area (Å²) in [7, 11) is 3.46. The minimum absolute atomic E-state index is 0.0258. The van der Waals surface area contributed by atoms with Gasteiger partial charge >= 0.3 is 24.0 Å². The van der Waals surface area contributed by atoms with E-state index >= 15 is 0 Å². The predicted octanol–water partition coefficient (Wildman–Crippen LogP) is -1.02. The Morgan fingerprint density at radius 3 is 1.84 bits per heavy atom. The summed E-state index contributed by atoms with van der Waals surface area (Å²) < 4.78 is 19.3. The zero-order valence-corrected chi connectivity index (χ0v) is 26.7. The van der Waals surface area contributed by atoms with E-state index in [0.29, 0.717) is 0 Å². The summed E-state index contributed by atoms with van der Waals surface area (Å²) in [6, 6.07) is -4.16. The molecule has 43 heavy (non-hydrogen) atoms. The molecule has 0 aliphatic rings. The van der Waals surface area contributed by atoms with Gasteiger partial charge < -0.3 is 45.9 Å².